The lowest BCUT2D eigenvalue weighted by Crippen LogP contribution is -2.20. The van der Waals surface area contributed by atoms with Gasteiger partial charge in [-0.05, 0) is 60.7 Å². The zero-order chi connectivity index (χ0) is 24.8. The van der Waals surface area contributed by atoms with Gasteiger partial charge in [-0.25, -0.2) is 0 Å². The standard InChI is InChI=1S/C30H24O4P2/c31-35(27-16-5-1-6-17-27,28-18-7-2-8-19-28)33-25-14-13-15-26(24-25)34-36(32,29-20-9-3-10-21-29)30-22-11-4-12-23-30/h1-24H. The molecule has 0 aliphatic carbocycles. The van der Waals surface area contributed by atoms with E-state index in [2.05, 4.69) is 0 Å². The van der Waals surface area contributed by atoms with Crippen LogP contribution in [0.25, 0.3) is 0 Å². The highest BCUT2D eigenvalue weighted by Crippen LogP contribution is 2.48. The maximum absolute atomic E-state index is 14.3. The summed E-state index contributed by atoms with van der Waals surface area (Å²) in [7, 11) is -6.92. The van der Waals surface area contributed by atoms with Gasteiger partial charge in [0, 0.05) is 6.07 Å². The van der Waals surface area contributed by atoms with E-state index in [1.807, 2.05) is 72.8 Å². The summed E-state index contributed by atoms with van der Waals surface area (Å²) < 4.78 is 41.1. The minimum Gasteiger partial charge on any atom is -0.437 e. The van der Waals surface area contributed by atoms with E-state index in [0.29, 0.717) is 32.7 Å². The number of benzene rings is 5. The average Bonchev–Trinajstić information content (AvgIpc) is 2.95. The molecule has 0 amide bonds. The van der Waals surface area contributed by atoms with Gasteiger partial charge in [-0.15, -0.1) is 0 Å². The third-order valence-electron chi connectivity index (χ3n) is 5.66. The molecule has 5 rings (SSSR count). The molecule has 6 heteroatoms. The molecule has 0 N–H and O–H groups in total. The van der Waals surface area contributed by atoms with Crippen molar-refractivity contribution in [3.8, 4) is 11.5 Å². The Morgan fingerprint density at radius 3 is 0.917 bits per heavy atom. The van der Waals surface area contributed by atoms with Crippen molar-refractivity contribution in [3.05, 3.63) is 146 Å². The molecule has 0 unspecified atom stereocenters. The van der Waals surface area contributed by atoms with Gasteiger partial charge in [0.05, 0.1) is 21.2 Å². The van der Waals surface area contributed by atoms with Crippen LogP contribution in [0.4, 0.5) is 0 Å². The molecule has 4 nitrogen and oxygen atoms in total. The SMILES string of the molecule is O=P(Oc1cccc(OP(=O)(c2ccccc2)c2ccccc2)c1)(c1ccccc1)c1ccccc1. The van der Waals surface area contributed by atoms with Gasteiger partial charge >= 0.3 is 14.7 Å². The molecule has 0 bridgehead atoms. The summed E-state index contributed by atoms with van der Waals surface area (Å²) in [4.78, 5) is 0. The van der Waals surface area contributed by atoms with Gasteiger partial charge in [0.2, 0.25) is 0 Å². The first-order valence-electron chi connectivity index (χ1n) is 11.5. The van der Waals surface area contributed by atoms with Crippen LogP contribution >= 0.6 is 14.7 Å². The van der Waals surface area contributed by atoms with Crippen molar-refractivity contribution >= 4 is 36.0 Å². The Balaban J connectivity index is 1.53. The highest BCUT2D eigenvalue weighted by atomic mass is 31.2. The molecule has 0 aliphatic heterocycles. The first-order chi connectivity index (χ1) is 17.6. The third kappa shape index (κ3) is 4.93. The summed E-state index contributed by atoms with van der Waals surface area (Å²) in [5.41, 5.74) is 0. The van der Waals surface area contributed by atoms with E-state index in [1.54, 1.807) is 72.8 Å². The van der Waals surface area contributed by atoms with E-state index < -0.39 is 14.7 Å². The van der Waals surface area contributed by atoms with E-state index in [1.165, 1.54) is 0 Å². The summed E-state index contributed by atoms with van der Waals surface area (Å²) in [5.74, 6) is 0.715. The van der Waals surface area contributed by atoms with Crippen LogP contribution in [0.3, 0.4) is 0 Å². The molecule has 36 heavy (non-hydrogen) atoms. The molecule has 0 radical (unpaired) electrons. The minimum atomic E-state index is -3.46. The van der Waals surface area contributed by atoms with Crippen LogP contribution in [-0.2, 0) is 9.13 Å². The fourth-order valence-corrected chi connectivity index (χ4v) is 7.99. The van der Waals surface area contributed by atoms with Crippen molar-refractivity contribution in [1.29, 1.82) is 0 Å². The van der Waals surface area contributed by atoms with Gasteiger partial charge in [-0.1, -0.05) is 78.9 Å². The normalized spacial score (nSPS) is 11.6. The van der Waals surface area contributed by atoms with Crippen molar-refractivity contribution in [3.63, 3.8) is 0 Å². The van der Waals surface area contributed by atoms with Crippen molar-refractivity contribution in [2.45, 2.75) is 0 Å². The summed E-state index contributed by atoms with van der Waals surface area (Å²) in [6, 6.07) is 43.4. The van der Waals surface area contributed by atoms with Crippen LogP contribution in [0.5, 0.6) is 11.5 Å². The maximum Gasteiger partial charge on any atom is 0.306 e. The molecule has 0 atom stereocenters. The zero-order valence-corrected chi connectivity index (χ0v) is 21.2. The minimum absolute atomic E-state index is 0.358. The number of hydrogen-bond acceptors (Lipinski definition) is 4. The molecule has 0 saturated heterocycles. The van der Waals surface area contributed by atoms with E-state index in [0.717, 1.165) is 0 Å². The van der Waals surface area contributed by atoms with Gasteiger partial charge in [0.15, 0.2) is 0 Å². The second-order valence-corrected chi connectivity index (χ2v) is 12.7. The average molecular weight is 510 g/mol. The Hall–Kier alpha value is -3.84. The molecule has 0 heterocycles. The lowest BCUT2D eigenvalue weighted by molar-refractivity contribution is 0.492. The topological polar surface area (TPSA) is 52.6 Å². The molecule has 0 aromatic heterocycles. The van der Waals surface area contributed by atoms with E-state index in [4.69, 9.17) is 9.05 Å². The van der Waals surface area contributed by atoms with Gasteiger partial charge in [-0.3, -0.25) is 9.13 Å². The van der Waals surface area contributed by atoms with Gasteiger partial charge in [0.25, 0.3) is 0 Å². The van der Waals surface area contributed by atoms with Crippen LogP contribution in [0, 0.1) is 0 Å². The second-order valence-electron chi connectivity index (χ2n) is 8.10. The second kappa shape index (κ2) is 10.4. The number of rotatable bonds is 8. The van der Waals surface area contributed by atoms with Crippen LogP contribution in [0.15, 0.2) is 146 Å². The third-order valence-corrected chi connectivity index (χ3v) is 10.5. The lowest BCUT2D eigenvalue weighted by Gasteiger charge is -2.22. The number of hydrogen-bond donors (Lipinski definition) is 0. The summed E-state index contributed by atoms with van der Waals surface area (Å²) in [6.45, 7) is 0. The highest BCUT2D eigenvalue weighted by molar-refractivity contribution is 7.75. The molecule has 0 saturated carbocycles. The molecule has 5 aromatic rings. The Morgan fingerprint density at radius 2 is 0.639 bits per heavy atom. The Morgan fingerprint density at radius 1 is 0.361 bits per heavy atom. The van der Waals surface area contributed by atoms with Crippen molar-refractivity contribution in [2.24, 2.45) is 0 Å². The Labute approximate surface area is 211 Å². The zero-order valence-electron chi connectivity index (χ0n) is 19.4. The summed E-state index contributed by atoms with van der Waals surface area (Å²) in [6.07, 6.45) is 0. The smallest absolute Gasteiger partial charge is 0.306 e. The molecule has 5 aromatic carbocycles. The van der Waals surface area contributed by atoms with E-state index >= 15 is 0 Å². The first kappa shape index (κ1) is 23.9. The maximum atomic E-state index is 14.3. The quantitative estimate of drug-likeness (QED) is 0.230. The fraction of sp³-hybridized carbons (Fsp3) is 0. The van der Waals surface area contributed by atoms with Gasteiger partial charge < -0.3 is 9.05 Å². The Bertz CT molecular complexity index is 1320. The lowest BCUT2D eigenvalue weighted by atomic mass is 10.3. The highest BCUT2D eigenvalue weighted by Gasteiger charge is 2.32. The molecular formula is C30H24O4P2. The first-order valence-corrected chi connectivity index (χ1v) is 14.7. The van der Waals surface area contributed by atoms with Crippen LogP contribution in [0.2, 0.25) is 0 Å². The van der Waals surface area contributed by atoms with Gasteiger partial charge in [0.1, 0.15) is 11.5 Å². The van der Waals surface area contributed by atoms with E-state index in [-0.39, 0.29) is 0 Å². The van der Waals surface area contributed by atoms with Crippen molar-refractivity contribution < 1.29 is 18.2 Å². The monoisotopic (exact) mass is 510 g/mol. The molecular weight excluding hydrogens is 486 g/mol. The largest absolute Gasteiger partial charge is 0.437 e. The van der Waals surface area contributed by atoms with Crippen molar-refractivity contribution in [1.82, 2.24) is 0 Å². The predicted octanol–water partition coefficient (Wildman–Crippen LogP) is 6.30. The molecule has 0 aliphatic rings. The van der Waals surface area contributed by atoms with Crippen LogP contribution in [0.1, 0.15) is 0 Å². The van der Waals surface area contributed by atoms with Gasteiger partial charge in [-0.2, -0.15) is 0 Å². The van der Waals surface area contributed by atoms with Crippen LogP contribution in [-0.4, -0.2) is 0 Å². The summed E-state index contributed by atoms with van der Waals surface area (Å²) in [5, 5.41) is 2.34. The van der Waals surface area contributed by atoms with Crippen LogP contribution < -0.4 is 30.3 Å². The molecule has 178 valence electrons. The fourth-order valence-electron chi connectivity index (χ4n) is 3.89. The Kier molecular flexibility index (Phi) is 6.91. The predicted molar refractivity (Wildman–Crippen MR) is 147 cm³/mol. The van der Waals surface area contributed by atoms with Crippen molar-refractivity contribution in [2.75, 3.05) is 0 Å². The molecule has 0 fully saturated rings. The molecule has 0 spiro atoms. The van der Waals surface area contributed by atoms with E-state index in [9.17, 15) is 9.13 Å². The summed E-state index contributed by atoms with van der Waals surface area (Å²) >= 11 is 0.